The van der Waals surface area contributed by atoms with Gasteiger partial charge < -0.3 is 4.74 Å². The molecule has 0 saturated carbocycles. The molecule has 3 aromatic carbocycles. The normalized spacial score (nSPS) is 19.0. The number of nitrogens with zero attached hydrogens (tertiary/aromatic N) is 1. The molecule has 2 atom stereocenters. The summed E-state index contributed by atoms with van der Waals surface area (Å²) >= 11 is 0. The van der Waals surface area contributed by atoms with E-state index in [1.54, 1.807) is 17.0 Å². The van der Waals surface area contributed by atoms with Gasteiger partial charge in [0.25, 0.3) is 5.91 Å². The van der Waals surface area contributed by atoms with Crippen molar-refractivity contribution in [3.63, 3.8) is 0 Å². The van der Waals surface area contributed by atoms with Crippen molar-refractivity contribution in [2.75, 3.05) is 0 Å². The maximum absolute atomic E-state index is 13.3. The largest absolute Gasteiger partial charge is 0.435 e. The average Bonchev–Trinajstić information content (AvgIpc) is 3.06. The molecule has 0 N–H and O–H groups in total. The lowest BCUT2D eigenvalue weighted by Crippen LogP contribution is -2.40. The lowest BCUT2D eigenvalue weighted by atomic mass is 10.0. The molecule has 4 nitrogen and oxygen atoms in total. The third-order valence-electron chi connectivity index (χ3n) is 4.70. The highest BCUT2D eigenvalue weighted by atomic mass is 16.6. The van der Waals surface area contributed by atoms with Crippen LogP contribution in [-0.2, 0) is 16.0 Å². The minimum atomic E-state index is -0.722. The number of cyclic esters (lactones) is 1. The number of benzene rings is 3. The molecule has 1 fully saturated rings. The van der Waals surface area contributed by atoms with Crippen LogP contribution in [0.4, 0.5) is 0 Å². The van der Waals surface area contributed by atoms with E-state index in [4.69, 9.17) is 4.74 Å². The van der Waals surface area contributed by atoms with Crippen LogP contribution in [0.5, 0.6) is 0 Å². The predicted octanol–water partition coefficient (Wildman–Crippen LogP) is 4.00. The van der Waals surface area contributed by atoms with Crippen LogP contribution in [-0.4, -0.2) is 22.8 Å². The van der Waals surface area contributed by atoms with Crippen molar-refractivity contribution >= 4 is 11.9 Å². The standard InChI is InChI=1S/C23H19NO3/c25-21(18-12-6-2-7-13-18)24-20(16-17-10-4-1-5-11-17)23(26)27-22(24)19-14-8-3-9-15-19/h1-15,20,22H,16H2/t20-,22+/m0/s1. The third kappa shape index (κ3) is 3.47. The maximum Gasteiger partial charge on any atom is 0.331 e. The summed E-state index contributed by atoms with van der Waals surface area (Å²) < 4.78 is 5.65. The van der Waals surface area contributed by atoms with Crippen molar-refractivity contribution in [3.05, 3.63) is 108 Å². The van der Waals surface area contributed by atoms with Crippen LogP contribution in [0.1, 0.15) is 27.7 Å². The molecule has 0 bridgehead atoms. The van der Waals surface area contributed by atoms with Crippen molar-refractivity contribution in [2.45, 2.75) is 18.7 Å². The Morgan fingerprint density at radius 1 is 0.815 bits per heavy atom. The number of amides is 1. The molecule has 1 amide bonds. The van der Waals surface area contributed by atoms with Gasteiger partial charge in [0.2, 0.25) is 6.23 Å². The zero-order valence-corrected chi connectivity index (χ0v) is 14.7. The molecule has 0 aliphatic carbocycles. The van der Waals surface area contributed by atoms with Gasteiger partial charge in [-0.25, -0.2) is 4.79 Å². The Morgan fingerprint density at radius 3 is 2.00 bits per heavy atom. The Hall–Kier alpha value is -3.40. The van der Waals surface area contributed by atoms with E-state index in [-0.39, 0.29) is 11.9 Å². The molecule has 1 aliphatic rings. The molecular weight excluding hydrogens is 338 g/mol. The molecule has 3 aromatic rings. The quantitative estimate of drug-likeness (QED) is 0.663. The predicted molar refractivity (Wildman–Crippen MR) is 102 cm³/mol. The Labute approximate surface area is 158 Å². The van der Waals surface area contributed by atoms with E-state index < -0.39 is 12.3 Å². The summed E-state index contributed by atoms with van der Waals surface area (Å²) in [5.74, 6) is -0.590. The third-order valence-corrected chi connectivity index (χ3v) is 4.70. The van der Waals surface area contributed by atoms with E-state index in [2.05, 4.69) is 0 Å². The zero-order valence-electron chi connectivity index (χ0n) is 14.7. The van der Waals surface area contributed by atoms with E-state index in [9.17, 15) is 9.59 Å². The molecule has 0 spiro atoms. The first-order chi connectivity index (χ1) is 13.2. The molecule has 134 valence electrons. The number of carbonyl (C=O) groups excluding carboxylic acids is 2. The first-order valence-electron chi connectivity index (χ1n) is 8.91. The lowest BCUT2D eigenvalue weighted by molar-refractivity contribution is -0.142. The number of rotatable bonds is 4. The fourth-order valence-electron chi connectivity index (χ4n) is 3.37. The van der Waals surface area contributed by atoms with Crippen LogP contribution in [0.25, 0.3) is 0 Å². The van der Waals surface area contributed by atoms with Crippen molar-refractivity contribution in [1.29, 1.82) is 0 Å². The van der Waals surface area contributed by atoms with Crippen LogP contribution in [0.3, 0.4) is 0 Å². The summed E-state index contributed by atoms with van der Waals surface area (Å²) in [5.41, 5.74) is 2.31. The minimum absolute atomic E-state index is 0.212. The summed E-state index contributed by atoms with van der Waals surface area (Å²) in [6.45, 7) is 0. The van der Waals surface area contributed by atoms with Crippen LogP contribution in [0.15, 0.2) is 91.0 Å². The van der Waals surface area contributed by atoms with Gasteiger partial charge in [-0.3, -0.25) is 9.69 Å². The molecule has 4 heteroatoms. The smallest absolute Gasteiger partial charge is 0.331 e. The van der Waals surface area contributed by atoms with Crippen LogP contribution in [0.2, 0.25) is 0 Å². The van der Waals surface area contributed by atoms with E-state index in [1.807, 2.05) is 78.9 Å². The van der Waals surface area contributed by atoms with Gasteiger partial charge >= 0.3 is 5.97 Å². The highest BCUT2D eigenvalue weighted by Gasteiger charge is 2.45. The summed E-state index contributed by atoms with van der Waals surface area (Å²) in [5, 5.41) is 0. The van der Waals surface area contributed by atoms with Crippen LogP contribution >= 0.6 is 0 Å². The Morgan fingerprint density at radius 2 is 1.37 bits per heavy atom. The van der Waals surface area contributed by atoms with Crippen molar-refractivity contribution < 1.29 is 14.3 Å². The highest BCUT2D eigenvalue weighted by Crippen LogP contribution is 2.34. The number of hydrogen-bond acceptors (Lipinski definition) is 3. The summed E-state index contributed by atoms with van der Waals surface area (Å²) in [4.78, 5) is 27.5. The molecule has 0 aromatic heterocycles. The first kappa shape index (κ1) is 17.0. The second-order valence-corrected chi connectivity index (χ2v) is 6.48. The molecule has 27 heavy (non-hydrogen) atoms. The zero-order chi connectivity index (χ0) is 18.6. The van der Waals surface area contributed by atoms with Crippen molar-refractivity contribution in [1.82, 2.24) is 4.90 Å². The average molecular weight is 357 g/mol. The fourth-order valence-corrected chi connectivity index (χ4v) is 3.37. The molecule has 0 unspecified atom stereocenters. The second kappa shape index (κ2) is 7.46. The number of carbonyl (C=O) groups is 2. The molecule has 1 heterocycles. The van der Waals surface area contributed by atoms with Crippen LogP contribution < -0.4 is 0 Å². The van der Waals surface area contributed by atoms with Gasteiger partial charge in [-0.1, -0.05) is 78.9 Å². The Bertz CT molecular complexity index is 926. The van der Waals surface area contributed by atoms with E-state index in [0.29, 0.717) is 12.0 Å². The van der Waals surface area contributed by atoms with Crippen molar-refractivity contribution in [3.8, 4) is 0 Å². The molecule has 0 radical (unpaired) electrons. The minimum Gasteiger partial charge on any atom is -0.435 e. The Kier molecular flexibility index (Phi) is 4.71. The number of hydrogen-bond donors (Lipinski definition) is 0. The van der Waals surface area contributed by atoms with Gasteiger partial charge in [-0.2, -0.15) is 0 Å². The second-order valence-electron chi connectivity index (χ2n) is 6.48. The Balaban J connectivity index is 1.72. The summed E-state index contributed by atoms with van der Waals surface area (Å²) in [6.07, 6.45) is -0.304. The molecule has 1 saturated heterocycles. The van der Waals surface area contributed by atoms with E-state index in [0.717, 1.165) is 11.1 Å². The topological polar surface area (TPSA) is 46.6 Å². The van der Waals surface area contributed by atoms with Gasteiger partial charge in [0, 0.05) is 17.5 Å². The van der Waals surface area contributed by atoms with Crippen LogP contribution in [0, 0.1) is 0 Å². The molecule has 4 rings (SSSR count). The summed E-state index contributed by atoms with van der Waals surface area (Å²) in [6, 6.07) is 27.4. The van der Waals surface area contributed by atoms with E-state index >= 15 is 0 Å². The molecule has 1 aliphatic heterocycles. The SMILES string of the molecule is O=C1O[C@H](c2ccccc2)N(C(=O)c2ccccc2)[C@H]1Cc1ccccc1. The lowest BCUT2D eigenvalue weighted by Gasteiger charge is -2.26. The van der Waals surface area contributed by atoms with Gasteiger partial charge in [0.15, 0.2) is 0 Å². The van der Waals surface area contributed by atoms with E-state index in [1.165, 1.54) is 0 Å². The van der Waals surface area contributed by atoms with Gasteiger partial charge in [-0.05, 0) is 17.7 Å². The van der Waals surface area contributed by atoms with Gasteiger partial charge in [-0.15, -0.1) is 0 Å². The highest BCUT2D eigenvalue weighted by molar-refractivity contribution is 5.98. The summed E-state index contributed by atoms with van der Waals surface area (Å²) in [7, 11) is 0. The maximum atomic E-state index is 13.3. The first-order valence-corrected chi connectivity index (χ1v) is 8.91. The number of ether oxygens (including phenoxy) is 1. The monoisotopic (exact) mass is 357 g/mol. The number of esters is 1. The molecular formula is C23H19NO3. The fraction of sp³-hybridized carbons (Fsp3) is 0.130. The van der Waals surface area contributed by atoms with Gasteiger partial charge in [0.1, 0.15) is 6.04 Å². The van der Waals surface area contributed by atoms with Crippen molar-refractivity contribution in [2.24, 2.45) is 0 Å². The van der Waals surface area contributed by atoms with Gasteiger partial charge in [0.05, 0.1) is 0 Å².